The summed E-state index contributed by atoms with van der Waals surface area (Å²) < 4.78 is 0. The smallest absolute Gasteiger partial charge is 0.270 e. The van der Waals surface area contributed by atoms with E-state index in [4.69, 9.17) is 5.73 Å². The molecular weight excluding hydrogens is 310 g/mol. The van der Waals surface area contributed by atoms with Gasteiger partial charge in [-0.05, 0) is 18.1 Å². The Morgan fingerprint density at radius 3 is 3.04 bits per heavy atom. The second kappa shape index (κ2) is 7.26. The quantitative estimate of drug-likeness (QED) is 0.533. The summed E-state index contributed by atoms with van der Waals surface area (Å²) in [4.78, 5) is 19.3. The van der Waals surface area contributed by atoms with Crippen molar-refractivity contribution in [2.45, 2.75) is 6.42 Å². The number of hydrogen-bond donors (Lipinski definition) is 4. The molecule has 120 valence electrons. The van der Waals surface area contributed by atoms with Gasteiger partial charge in [-0.2, -0.15) is 0 Å². The molecule has 0 aliphatic carbocycles. The number of para-hydroxylation sites is 1. The number of nitrogens with two attached hydrogens (primary N) is 1. The molecule has 2 aromatic heterocycles. The topological polar surface area (TPSA) is 95.8 Å². The number of carbonyl (C=O) groups is 1. The lowest BCUT2D eigenvalue weighted by Gasteiger charge is -2.02. The highest BCUT2D eigenvalue weighted by Crippen LogP contribution is 2.19. The monoisotopic (exact) mass is 329 g/mol. The zero-order valence-electron chi connectivity index (χ0n) is 12.6. The van der Waals surface area contributed by atoms with Gasteiger partial charge in [0, 0.05) is 42.1 Å². The van der Waals surface area contributed by atoms with Crippen molar-refractivity contribution >= 4 is 33.3 Å². The molecule has 23 heavy (non-hydrogen) atoms. The number of carbonyl (C=O) groups excluding carboxylic acids is 1. The molecule has 0 atom stereocenters. The fraction of sp³-hybridized carbons (Fsp3) is 0.250. The third-order valence-corrected chi connectivity index (χ3v) is 4.31. The van der Waals surface area contributed by atoms with Gasteiger partial charge in [-0.15, -0.1) is 11.3 Å². The van der Waals surface area contributed by atoms with Crippen LogP contribution in [0.1, 0.15) is 16.1 Å². The molecule has 1 amide bonds. The molecule has 0 unspecified atom stereocenters. The molecule has 7 heteroatoms. The van der Waals surface area contributed by atoms with Crippen molar-refractivity contribution in [3.63, 3.8) is 0 Å². The Bertz CT molecular complexity index is 794. The zero-order valence-corrected chi connectivity index (χ0v) is 13.5. The summed E-state index contributed by atoms with van der Waals surface area (Å²) in [5.41, 5.74) is 8.21. The second-order valence-electron chi connectivity index (χ2n) is 5.12. The molecule has 0 aliphatic heterocycles. The number of nitrogens with zero attached hydrogens (tertiary/aromatic N) is 1. The first-order chi connectivity index (χ1) is 11.3. The van der Waals surface area contributed by atoms with E-state index in [0.29, 0.717) is 18.8 Å². The minimum Gasteiger partial charge on any atom is -0.361 e. The summed E-state index contributed by atoms with van der Waals surface area (Å²) in [6.07, 6.45) is 2.93. The Hall–Kier alpha value is -2.38. The lowest BCUT2D eigenvalue weighted by Crippen LogP contribution is -2.29. The van der Waals surface area contributed by atoms with Gasteiger partial charge in [-0.3, -0.25) is 4.79 Å². The Kier molecular flexibility index (Phi) is 4.89. The molecule has 0 aliphatic rings. The van der Waals surface area contributed by atoms with Crippen molar-refractivity contribution in [3.05, 3.63) is 47.1 Å². The van der Waals surface area contributed by atoms with Crippen LogP contribution in [0.15, 0.2) is 35.8 Å². The standard InChI is InChI=1S/C16H19N5OS/c17-6-8-18-15(22)14-10-23-16(21-14)19-7-5-11-9-20-13-4-2-1-3-12(11)13/h1-4,9-10,20H,5-8,17H2,(H,18,22)(H,19,21). The first-order valence-electron chi connectivity index (χ1n) is 7.50. The molecule has 0 spiro atoms. The summed E-state index contributed by atoms with van der Waals surface area (Å²) in [6, 6.07) is 8.25. The highest BCUT2D eigenvalue weighted by molar-refractivity contribution is 7.13. The van der Waals surface area contributed by atoms with Crippen LogP contribution in [0.25, 0.3) is 10.9 Å². The summed E-state index contributed by atoms with van der Waals surface area (Å²) >= 11 is 1.43. The average Bonchev–Trinajstić information content (AvgIpc) is 3.20. The van der Waals surface area contributed by atoms with Gasteiger partial charge in [0.15, 0.2) is 5.13 Å². The number of benzene rings is 1. The third kappa shape index (κ3) is 3.69. The van der Waals surface area contributed by atoms with Gasteiger partial charge < -0.3 is 21.4 Å². The number of amides is 1. The fourth-order valence-electron chi connectivity index (χ4n) is 2.38. The van der Waals surface area contributed by atoms with Gasteiger partial charge in [0.05, 0.1) is 0 Å². The maximum absolute atomic E-state index is 11.8. The van der Waals surface area contributed by atoms with Crippen LogP contribution in [0.5, 0.6) is 0 Å². The molecule has 0 fully saturated rings. The van der Waals surface area contributed by atoms with Gasteiger partial charge in [-0.1, -0.05) is 18.2 Å². The molecule has 0 radical (unpaired) electrons. The van der Waals surface area contributed by atoms with Crippen LogP contribution in [0.2, 0.25) is 0 Å². The minimum atomic E-state index is -0.184. The van der Waals surface area contributed by atoms with Gasteiger partial charge in [0.2, 0.25) is 0 Å². The van der Waals surface area contributed by atoms with Crippen molar-refractivity contribution in [1.82, 2.24) is 15.3 Å². The van der Waals surface area contributed by atoms with E-state index >= 15 is 0 Å². The van der Waals surface area contributed by atoms with Crippen LogP contribution in [0.3, 0.4) is 0 Å². The summed E-state index contributed by atoms with van der Waals surface area (Å²) in [5, 5.41) is 9.72. The molecule has 6 nitrogen and oxygen atoms in total. The SMILES string of the molecule is NCCNC(=O)c1csc(NCCc2c[nH]c3ccccc23)n1. The van der Waals surface area contributed by atoms with Crippen LogP contribution in [-0.4, -0.2) is 35.5 Å². The van der Waals surface area contributed by atoms with Crippen molar-refractivity contribution in [1.29, 1.82) is 0 Å². The van der Waals surface area contributed by atoms with E-state index in [1.54, 1.807) is 5.38 Å². The predicted molar refractivity (Wildman–Crippen MR) is 94.0 cm³/mol. The lowest BCUT2D eigenvalue weighted by atomic mass is 10.1. The summed E-state index contributed by atoms with van der Waals surface area (Å²) in [5.74, 6) is -0.184. The van der Waals surface area contributed by atoms with E-state index in [1.807, 2.05) is 18.3 Å². The average molecular weight is 329 g/mol. The number of thiazole rings is 1. The maximum atomic E-state index is 11.8. The Balaban J connectivity index is 1.55. The Labute approximate surface area is 138 Å². The molecule has 0 saturated carbocycles. The van der Waals surface area contributed by atoms with Crippen molar-refractivity contribution in [2.75, 3.05) is 25.0 Å². The molecule has 2 heterocycles. The highest BCUT2D eigenvalue weighted by Gasteiger charge is 2.10. The molecule has 3 rings (SSSR count). The number of fused-ring (bicyclic) bond motifs is 1. The van der Waals surface area contributed by atoms with Crippen LogP contribution in [0.4, 0.5) is 5.13 Å². The highest BCUT2D eigenvalue weighted by atomic mass is 32.1. The van der Waals surface area contributed by atoms with Crippen LogP contribution in [-0.2, 0) is 6.42 Å². The maximum Gasteiger partial charge on any atom is 0.270 e. The summed E-state index contributed by atoms with van der Waals surface area (Å²) in [7, 11) is 0. The first kappa shape index (κ1) is 15.5. The van der Waals surface area contributed by atoms with Gasteiger partial charge in [-0.25, -0.2) is 4.98 Å². The van der Waals surface area contributed by atoms with Crippen molar-refractivity contribution in [2.24, 2.45) is 5.73 Å². The van der Waals surface area contributed by atoms with Crippen LogP contribution in [0, 0.1) is 0 Å². The number of hydrogen-bond acceptors (Lipinski definition) is 5. The molecule has 1 aromatic carbocycles. The molecule has 0 saturated heterocycles. The number of aromatic amines is 1. The van der Waals surface area contributed by atoms with Crippen LogP contribution < -0.4 is 16.4 Å². The lowest BCUT2D eigenvalue weighted by molar-refractivity contribution is 0.0950. The largest absolute Gasteiger partial charge is 0.361 e. The third-order valence-electron chi connectivity index (χ3n) is 3.51. The van der Waals surface area contributed by atoms with Gasteiger partial charge >= 0.3 is 0 Å². The Morgan fingerprint density at radius 1 is 1.30 bits per heavy atom. The number of nitrogens with one attached hydrogen (secondary N) is 3. The number of rotatable bonds is 7. The van der Waals surface area contributed by atoms with E-state index in [-0.39, 0.29) is 5.91 Å². The summed E-state index contributed by atoms with van der Waals surface area (Å²) in [6.45, 7) is 1.64. The zero-order chi connectivity index (χ0) is 16.1. The van der Waals surface area contributed by atoms with E-state index < -0.39 is 0 Å². The van der Waals surface area contributed by atoms with Gasteiger partial charge in [0.25, 0.3) is 5.91 Å². The van der Waals surface area contributed by atoms with E-state index in [0.717, 1.165) is 23.6 Å². The molecule has 0 bridgehead atoms. The normalized spacial score (nSPS) is 10.8. The Morgan fingerprint density at radius 2 is 2.17 bits per heavy atom. The van der Waals surface area contributed by atoms with E-state index in [2.05, 4.69) is 32.7 Å². The van der Waals surface area contributed by atoms with E-state index in [1.165, 1.54) is 22.3 Å². The molecule has 5 N–H and O–H groups in total. The van der Waals surface area contributed by atoms with Crippen molar-refractivity contribution in [3.8, 4) is 0 Å². The predicted octanol–water partition coefficient (Wildman–Crippen LogP) is 1.97. The van der Waals surface area contributed by atoms with Crippen LogP contribution >= 0.6 is 11.3 Å². The number of anilines is 1. The first-order valence-corrected chi connectivity index (χ1v) is 8.38. The van der Waals surface area contributed by atoms with E-state index in [9.17, 15) is 4.79 Å². The minimum absolute atomic E-state index is 0.184. The van der Waals surface area contributed by atoms with Gasteiger partial charge in [0.1, 0.15) is 5.69 Å². The second-order valence-corrected chi connectivity index (χ2v) is 5.98. The molecule has 3 aromatic rings. The molecular formula is C16H19N5OS. The van der Waals surface area contributed by atoms with Crippen molar-refractivity contribution < 1.29 is 4.79 Å². The number of aromatic nitrogens is 2. The number of H-pyrrole nitrogens is 1. The fourth-order valence-corrected chi connectivity index (χ4v) is 3.10.